The van der Waals surface area contributed by atoms with Crippen molar-refractivity contribution >= 4 is 17.8 Å². The van der Waals surface area contributed by atoms with Gasteiger partial charge in [-0.1, -0.05) is 12.1 Å². The molecule has 1 N–H and O–H groups in total. The summed E-state index contributed by atoms with van der Waals surface area (Å²) in [5.74, 6) is -0.314. The van der Waals surface area contributed by atoms with Gasteiger partial charge in [-0.3, -0.25) is 19.8 Å². The number of carbonyl (C=O) groups excluding carboxylic acids is 1. The lowest BCUT2D eigenvalue weighted by Gasteiger charge is -2.26. The van der Waals surface area contributed by atoms with Gasteiger partial charge >= 0.3 is 0 Å². The summed E-state index contributed by atoms with van der Waals surface area (Å²) in [5, 5.41) is 14.5. The van der Waals surface area contributed by atoms with E-state index in [1.807, 2.05) is 12.1 Å². The van der Waals surface area contributed by atoms with E-state index in [1.54, 1.807) is 24.3 Å². The first kappa shape index (κ1) is 18.7. The number of hydrogen-bond acceptors (Lipinski definition) is 6. The van der Waals surface area contributed by atoms with Gasteiger partial charge in [-0.15, -0.1) is 0 Å². The van der Waals surface area contributed by atoms with Gasteiger partial charge in [0, 0.05) is 37.3 Å². The summed E-state index contributed by atoms with van der Waals surface area (Å²) in [5.41, 5.74) is 4.77. The highest BCUT2D eigenvalue weighted by atomic mass is 16.6. The zero-order valence-corrected chi connectivity index (χ0v) is 14.7. The Morgan fingerprint density at radius 2 is 1.81 bits per heavy atom. The molecular weight excluding hydrogens is 348 g/mol. The zero-order valence-electron chi connectivity index (χ0n) is 14.7. The van der Waals surface area contributed by atoms with Crippen molar-refractivity contribution < 1.29 is 14.5 Å². The van der Waals surface area contributed by atoms with Crippen LogP contribution in [0.3, 0.4) is 0 Å². The predicted molar refractivity (Wildman–Crippen MR) is 101 cm³/mol. The Kier molecular flexibility index (Phi) is 6.24. The molecule has 1 amide bonds. The maximum absolute atomic E-state index is 12.1. The van der Waals surface area contributed by atoms with Gasteiger partial charge in [0.1, 0.15) is 0 Å². The van der Waals surface area contributed by atoms with E-state index >= 15 is 0 Å². The molecule has 0 spiro atoms. The summed E-state index contributed by atoms with van der Waals surface area (Å²) in [6.07, 6.45) is 1.44. The van der Waals surface area contributed by atoms with Gasteiger partial charge in [0.05, 0.1) is 24.4 Å². The summed E-state index contributed by atoms with van der Waals surface area (Å²) in [7, 11) is 0. The lowest BCUT2D eigenvalue weighted by molar-refractivity contribution is -0.384. The molecule has 1 fully saturated rings. The number of nitrogens with zero attached hydrogens (tertiary/aromatic N) is 3. The fraction of sp³-hybridized carbons (Fsp3) is 0.263. The van der Waals surface area contributed by atoms with Crippen LogP contribution in [0.4, 0.5) is 5.69 Å². The van der Waals surface area contributed by atoms with Crippen LogP contribution in [-0.2, 0) is 11.3 Å². The van der Waals surface area contributed by atoms with Gasteiger partial charge in [0.25, 0.3) is 11.6 Å². The first-order valence-electron chi connectivity index (χ1n) is 8.59. The van der Waals surface area contributed by atoms with Crippen LogP contribution in [0.15, 0.2) is 53.6 Å². The standard InChI is InChI=1S/C19H20N4O4/c24-19(21-20-13-15-3-7-18(8-4-15)23(25)26)17-5-1-16(2-6-17)14-22-9-11-27-12-10-22/h1-8,13H,9-12,14H2,(H,21,24). The molecule has 0 saturated carbocycles. The first-order valence-corrected chi connectivity index (χ1v) is 8.59. The molecule has 0 unspecified atom stereocenters. The highest BCUT2D eigenvalue weighted by molar-refractivity contribution is 5.94. The summed E-state index contributed by atoms with van der Waals surface area (Å²) >= 11 is 0. The molecule has 0 atom stereocenters. The van der Waals surface area contributed by atoms with Crippen LogP contribution in [0.25, 0.3) is 0 Å². The third-order valence-corrected chi connectivity index (χ3v) is 4.21. The Labute approximate surface area is 156 Å². The molecule has 1 saturated heterocycles. The van der Waals surface area contributed by atoms with E-state index < -0.39 is 4.92 Å². The average Bonchev–Trinajstić information content (AvgIpc) is 2.69. The fourth-order valence-electron chi connectivity index (χ4n) is 2.69. The Balaban J connectivity index is 1.52. The van der Waals surface area contributed by atoms with Crippen LogP contribution in [0.5, 0.6) is 0 Å². The number of hydrazone groups is 1. The summed E-state index contributed by atoms with van der Waals surface area (Å²) in [6.45, 7) is 4.18. The highest BCUT2D eigenvalue weighted by Gasteiger charge is 2.11. The Morgan fingerprint density at radius 1 is 1.15 bits per heavy atom. The van der Waals surface area contributed by atoms with Crippen molar-refractivity contribution in [2.45, 2.75) is 6.54 Å². The lowest BCUT2D eigenvalue weighted by atomic mass is 10.1. The molecule has 0 aliphatic carbocycles. The van der Waals surface area contributed by atoms with Crippen molar-refractivity contribution in [3.63, 3.8) is 0 Å². The molecule has 3 rings (SSSR count). The second-order valence-corrected chi connectivity index (χ2v) is 6.13. The Bertz CT molecular complexity index is 813. The van der Waals surface area contributed by atoms with E-state index in [-0.39, 0.29) is 11.6 Å². The third-order valence-electron chi connectivity index (χ3n) is 4.21. The van der Waals surface area contributed by atoms with Gasteiger partial charge in [-0.05, 0) is 35.4 Å². The van der Waals surface area contributed by atoms with E-state index in [9.17, 15) is 14.9 Å². The summed E-state index contributed by atoms with van der Waals surface area (Å²) < 4.78 is 5.34. The second kappa shape index (κ2) is 9.02. The van der Waals surface area contributed by atoms with Gasteiger partial charge < -0.3 is 4.74 Å². The van der Waals surface area contributed by atoms with Crippen molar-refractivity contribution in [2.24, 2.45) is 5.10 Å². The number of nitrogens with one attached hydrogen (secondary N) is 1. The molecule has 0 bridgehead atoms. The molecule has 2 aromatic rings. The van der Waals surface area contributed by atoms with Crippen molar-refractivity contribution in [3.8, 4) is 0 Å². The maximum Gasteiger partial charge on any atom is 0.271 e. The monoisotopic (exact) mass is 368 g/mol. The van der Waals surface area contributed by atoms with Crippen LogP contribution in [0.1, 0.15) is 21.5 Å². The van der Waals surface area contributed by atoms with E-state index in [0.29, 0.717) is 11.1 Å². The number of nitro benzene ring substituents is 1. The minimum Gasteiger partial charge on any atom is -0.379 e. The normalized spacial score (nSPS) is 15.0. The number of non-ortho nitro benzene ring substituents is 1. The Hall–Kier alpha value is -3.10. The van der Waals surface area contributed by atoms with Crippen LogP contribution >= 0.6 is 0 Å². The van der Waals surface area contributed by atoms with E-state index in [2.05, 4.69) is 15.4 Å². The number of morpholine rings is 1. The number of ether oxygens (including phenoxy) is 1. The smallest absolute Gasteiger partial charge is 0.271 e. The van der Waals surface area contributed by atoms with E-state index in [1.165, 1.54) is 18.3 Å². The van der Waals surface area contributed by atoms with Gasteiger partial charge in [0.2, 0.25) is 0 Å². The number of amides is 1. The maximum atomic E-state index is 12.1. The topological polar surface area (TPSA) is 97.1 Å². The van der Waals surface area contributed by atoms with Gasteiger partial charge in [0.15, 0.2) is 0 Å². The van der Waals surface area contributed by atoms with Crippen LogP contribution in [-0.4, -0.2) is 48.2 Å². The molecule has 1 heterocycles. The molecule has 1 aliphatic heterocycles. The number of rotatable bonds is 6. The molecule has 8 nitrogen and oxygen atoms in total. The number of carbonyl (C=O) groups is 1. The fourth-order valence-corrected chi connectivity index (χ4v) is 2.69. The number of benzene rings is 2. The number of hydrogen-bond donors (Lipinski definition) is 1. The molecule has 1 aliphatic rings. The molecule has 2 aromatic carbocycles. The lowest BCUT2D eigenvalue weighted by Crippen LogP contribution is -2.35. The minimum absolute atomic E-state index is 0.00774. The highest BCUT2D eigenvalue weighted by Crippen LogP contribution is 2.11. The molecular formula is C19H20N4O4. The van der Waals surface area contributed by atoms with Crippen molar-refractivity contribution in [1.82, 2.24) is 10.3 Å². The quantitative estimate of drug-likeness (QED) is 0.479. The largest absolute Gasteiger partial charge is 0.379 e. The third kappa shape index (κ3) is 5.44. The minimum atomic E-state index is -0.467. The predicted octanol–water partition coefficient (Wildman–Crippen LogP) is 2.19. The van der Waals surface area contributed by atoms with E-state index in [4.69, 9.17) is 4.74 Å². The molecule has 0 aromatic heterocycles. The van der Waals surface area contributed by atoms with E-state index in [0.717, 1.165) is 38.4 Å². The molecule has 0 radical (unpaired) electrons. The summed E-state index contributed by atoms with van der Waals surface area (Å²) in [6, 6.07) is 13.3. The van der Waals surface area contributed by atoms with Gasteiger partial charge in [-0.25, -0.2) is 5.43 Å². The van der Waals surface area contributed by atoms with Crippen molar-refractivity contribution in [1.29, 1.82) is 0 Å². The van der Waals surface area contributed by atoms with Crippen LogP contribution < -0.4 is 5.43 Å². The molecule has 8 heteroatoms. The molecule has 27 heavy (non-hydrogen) atoms. The first-order chi connectivity index (χ1) is 13.1. The Morgan fingerprint density at radius 3 is 2.44 bits per heavy atom. The molecule has 140 valence electrons. The van der Waals surface area contributed by atoms with Gasteiger partial charge in [-0.2, -0.15) is 5.10 Å². The van der Waals surface area contributed by atoms with Crippen LogP contribution in [0, 0.1) is 10.1 Å². The van der Waals surface area contributed by atoms with Crippen molar-refractivity contribution in [3.05, 3.63) is 75.3 Å². The van der Waals surface area contributed by atoms with Crippen LogP contribution in [0.2, 0.25) is 0 Å². The second-order valence-electron chi connectivity index (χ2n) is 6.13. The number of nitro groups is 1. The van der Waals surface area contributed by atoms with Crippen molar-refractivity contribution in [2.75, 3.05) is 26.3 Å². The average molecular weight is 368 g/mol. The SMILES string of the molecule is O=C(NN=Cc1ccc([N+](=O)[O-])cc1)c1ccc(CN2CCOCC2)cc1. The summed E-state index contributed by atoms with van der Waals surface area (Å²) in [4.78, 5) is 24.6. The zero-order chi connectivity index (χ0) is 19.1.